The number of fused-ring (bicyclic) bond motifs is 4. The van der Waals surface area contributed by atoms with E-state index in [0.717, 1.165) is 17.8 Å². The monoisotopic (exact) mass is 356 g/mol. The van der Waals surface area contributed by atoms with Crippen LogP contribution < -0.4 is 9.80 Å². The lowest BCUT2D eigenvalue weighted by Crippen LogP contribution is -2.30. The van der Waals surface area contributed by atoms with Gasteiger partial charge in [0.2, 0.25) is 0 Å². The molecule has 4 saturated heterocycles. The molecule has 23 heavy (non-hydrogen) atoms. The van der Waals surface area contributed by atoms with E-state index in [9.17, 15) is 5.11 Å². The summed E-state index contributed by atoms with van der Waals surface area (Å²) in [6.07, 6.45) is 10.7. The third-order valence-corrected chi connectivity index (χ3v) is 6.44. The Morgan fingerprint density at radius 1 is 0.696 bits per heavy atom. The lowest BCUT2D eigenvalue weighted by molar-refractivity contribution is 0.473. The van der Waals surface area contributed by atoms with E-state index in [1.807, 2.05) is 6.07 Å². The van der Waals surface area contributed by atoms with Crippen LogP contribution in [0, 0.1) is 0 Å². The topological polar surface area (TPSA) is 26.7 Å². The van der Waals surface area contributed by atoms with Crippen molar-refractivity contribution in [3.63, 3.8) is 0 Å². The molecule has 0 aliphatic carbocycles. The minimum Gasteiger partial charge on any atom is -0.506 e. The molecule has 128 valence electrons. The largest absolute Gasteiger partial charge is 0.506 e. The zero-order valence-corrected chi connectivity index (χ0v) is 15.0. The maximum atomic E-state index is 10.4. The maximum Gasteiger partial charge on any atom is 0.139 e. The van der Waals surface area contributed by atoms with Crippen molar-refractivity contribution in [2.24, 2.45) is 0 Å². The molecule has 0 aromatic heterocycles. The number of phenolic OH excluding ortho intramolecular Hbond substituents is 1. The third-order valence-electron chi connectivity index (χ3n) is 6.44. The lowest BCUT2D eigenvalue weighted by Gasteiger charge is -2.29. The fraction of sp³-hybridized carbons (Fsp3) is 0.667. The third kappa shape index (κ3) is 2.47. The summed E-state index contributed by atoms with van der Waals surface area (Å²) in [5.41, 5.74) is 2.45. The van der Waals surface area contributed by atoms with Crippen LogP contribution in [0.5, 0.6) is 5.75 Å². The molecule has 3 nitrogen and oxygen atoms in total. The van der Waals surface area contributed by atoms with Crippen LogP contribution >= 0.6 is 24.8 Å². The predicted octanol–water partition coefficient (Wildman–Crippen LogP) is 4.50. The number of anilines is 2. The number of phenols is 1. The van der Waals surface area contributed by atoms with Gasteiger partial charge in [0, 0.05) is 29.9 Å². The Kier molecular flexibility index (Phi) is 4.63. The summed E-state index contributed by atoms with van der Waals surface area (Å²) < 4.78 is 0. The van der Waals surface area contributed by atoms with Crippen molar-refractivity contribution in [2.75, 3.05) is 9.80 Å². The summed E-state index contributed by atoms with van der Waals surface area (Å²) in [6, 6.07) is 9.19. The van der Waals surface area contributed by atoms with Crippen molar-refractivity contribution in [3.05, 3.63) is 18.2 Å². The Labute approximate surface area is 150 Å². The Hall–Kier alpha value is -0.800. The van der Waals surface area contributed by atoms with Gasteiger partial charge in [-0.25, -0.2) is 0 Å². The van der Waals surface area contributed by atoms with E-state index in [2.05, 4.69) is 21.9 Å². The van der Waals surface area contributed by atoms with E-state index in [0.29, 0.717) is 17.8 Å². The molecular weight excluding hydrogens is 331 g/mol. The maximum absolute atomic E-state index is 10.4. The highest BCUT2D eigenvalue weighted by Crippen LogP contribution is 2.47. The summed E-state index contributed by atoms with van der Waals surface area (Å²) >= 11 is 0. The average molecular weight is 357 g/mol. The van der Waals surface area contributed by atoms with Gasteiger partial charge in [-0.15, -0.1) is 24.8 Å². The van der Waals surface area contributed by atoms with Crippen LogP contribution in [0.2, 0.25) is 0 Å². The van der Waals surface area contributed by atoms with E-state index < -0.39 is 0 Å². The first-order valence-corrected chi connectivity index (χ1v) is 8.71. The number of aromatic hydroxyl groups is 1. The Bertz CT molecular complexity index is 542. The molecule has 0 spiro atoms. The smallest absolute Gasteiger partial charge is 0.139 e. The zero-order chi connectivity index (χ0) is 14.0. The Morgan fingerprint density at radius 2 is 1.13 bits per heavy atom. The molecule has 0 atom stereocenters. The first kappa shape index (κ1) is 17.0. The molecule has 1 aromatic rings. The Balaban J connectivity index is 0.000000781. The molecule has 5 rings (SSSR count). The SMILES string of the molecule is Cl.Cl.Oc1ccc(N2C3CCC2CC3)cc1N1C2CCC1CC2. The normalized spacial score (nSPS) is 33.7. The van der Waals surface area contributed by atoms with Gasteiger partial charge in [0.15, 0.2) is 0 Å². The van der Waals surface area contributed by atoms with E-state index >= 15 is 0 Å². The van der Waals surface area contributed by atoms with Crippen molar-refractivity contribution >= 4 is 36.2 Å². The van der Waals surface area contributed by atoms with E-state index in [-0.39, 0.29) is 24.8 Å². The molecule has 0 radical (unpaired) electrons. The first-order valence-electron chi connectivity index (χ1n) is 8.71. The van der Waals surface area contributed by atoms with Crippen LogP contribution in [0.3, 0.4) is 0 Å². The number of benzene rings is 1. The van der Waals surface area contributed by atoms with E-state index in [1.165, 1.54) is 57.1 Å². The van der Waals surface area contributed by atoms with Crippen LogP contribution in [0.4, 0.5) is 11.4 Å². The molecule has 4 fully saturated rings. The molecule has 4 heterocycles. The minimum atomic E-state index is 0. The van der Waals surface area contributed by atoms with Gasteiger partial charge in [0.05, 0.1) is 5.69 Å². The number of hydrogen-bond donors (Lipinski definition) is 1. The second-order valence-corrected chi connectivity index (χ2v) is 7.41. The molecule has 0 amide bonds. The molecule has 4 aliphatic heterocycles. The van der Waals surface area contributed by atoms with Crippen LogP contribution in [-0.2, 0) is 0 Å². The quantitative estimate of drug-likeness (QED) is 0.844. The fourth-order valence-electron chi connectivity index (χ4n) is 5.52. The van der Waals surface area contributed by atoms with Gasteiger partial charge in [-0.1, -0.05) is 0 Å². The van der Waals surface area contributed by atoms with Gasteiger partial charge < -0.3 is 14.9 Å². The number of nitrogens with zero attached hydrogens (tertiary/aromatic N) is 2. The van der Waals surface area contributed by atoms with Gasteiger partial charge in [-0.3, -0.25) is 0 Å². The summed E-state index contributed by atoms with van der Waals surface area (Å²) in [7, 11) is 0. The first-order chi connectivity index (χ1) is 10.3. The van der Waals surface area contributed by atoms with Crippen molar-refractivity contribution in [2.45, 2.75) is 75.5 Å². The van der Waals surface area contributed by atoms with Crippen molar-refractivity contribution < 1.29 is 5.11 Å². The standard InChI is InChI=1S/C18H24N2O.2ClH/c21-18-10-9-16(19-12-1-2-13(19)4-3-12)11-17(18)20-14-5-6-15(20)8-7-14;;/h9-15,21H,1-8H2;2*1H. The van der Waals surface area contributed by atoms with E-state index in [4.69, 9.17) is 0 Å². The van der Waals surface area contributed by atoms with Crippen LogP contribution in [-0.4, -0.2) is 29.3 Å². The van der Waals surface area contributed by atoms with Crippen LogP contribution in [0.15, 0.2) is 18.2 Å². The molecule has 4 aliphatic rings. The second kappa shape index (κ2) is 6.25. The summed E-state index contributed by atoms with van der Waals surface area (Å²) in [5, 5.41) is 10.4. The highest BCUT2D eigenvalue weighted by molar-refractivity contribution is 5.85. The van der Waals surface area contributed by atoms with Crippen LogP contribution in [0.25, 0.3) is 0 Å². The summed E-state index contributed by atoms with van der Waals surface area (Å²) in [5.74, 6) is 0.476. The van der Waals surface area contributed by atoms with Crippen molar-refractivity contribution in [1.82, 2.24) is 0 Å². The van der Waals surface area contributed by atoms with E-state index in [1.54, 1.807) is 0 Å². The zero-order valence-electron chi connectivity index (χ0n) is 13.4. The van der Waals surface area contributed by atoms with Gasteiger partial charge >= 0.3 is 0 Å². The van der Waals surface area contributed by atoms with Gasteiger partial charge in [-0.2, -0.15) is 0 Å². The second-order valence-electron chi connectivity index (χ2n) is 7.41. The van der Waals surface area contributed by atoms with Crippen LogP contribution in [0.1, 0.15) is 51.4 Å². The number of halogens is 2. The number of hydrogen-bond acceptors (Lipinski definition) is 3. The predicted molar refractivity (Wildman–Crippen MR) is 99.6 cm³/mol. The molecule has 4 bridgehead atoms. The molecular formula is C18H26Cl2N2O. The highest BCUT2D eigenvalue weighted by atomic mass is 35.5. The Morgan fingerprint density at radius 3 is 1.61 bits per heavy atom. The molecule has 5 heteroatoms. The molecule has 1 N–H and O–H groups in total. The van der Waals surface area contributed by atoms with Crippen molar-refractivity contribution in [1.29, 1.82) is 0 Å². The van der Waals surface area contributed by atoms with Crippen molar-refractivity contribution in [3.8, 4) is 5.75 Å². The highest BCUT2D eigenvalue weighted by Gasteiger charge is 2.42. The molecule has 0 unspecified atom stereocenters. The number of rotatable bonds is 2. The minimum absolute atomic E-state index is 0. The summed E-state index contributed by atoms with van der Waals surface area (Å²) in [4.78, 5) is 5.16. The fourth-order valence-corrected chi connectivity index (χ4v) is 5.52. The van der Waals surface area contributed by atoms with Gasteiger partial charge in [-0.05, 0) is 69.6 Å². The van der Waals surface area contributed by atoms with Gasteiger partial charge in [0.25, 0.3) is 0 Å². The lowest BCUT2D eigenvalue weighted by atomic mass is 10.0. The average Bonchev–Trinajstić information content (AvgIpc) is 3.27. The summed E-state index contributed by atoms with van der Waals surface area (Å²) in [6.45, 7) is 0. The van der Waals surface area contributed by atoms with Gasteiger partial charge in [0.1, 0.15) is 5.75 Å². The molecule has 0 saturated carbocycles. The molecule has 1 aromatic carbocycles.